The third kappa shape index (κ3) is 6.15. The van der Waals surface area contributed by atoms with Gasteiger partial charge in [-0.25, -0.2) is 4.57 Å². The van der Waals surface area contributed by atoms with Gasteiger partial charge >= 0.3 is 13.9 Å². The predicted molar refractivity (Wildman–Crippen MR) is 48.1 cm³/mol. The second-order valence-corrected chi connectivity index (χ2v) is 4.32. The van der Waals surface area contributed by atoms with Crippen molar-refractivity contribution < 1.29 is 48.5 Å². The number of phosphoric ester groups is 1. The van der Waals surface area contributed by atoms with E-state index in [1.165, 1.54) is 0 Å². The lowest BCUT2D eigenvalue weighted by molar-refractivity contribution is -0.156. The summed E-state index contributed by atoms with van der Waals surface area (Å²) in [5.41, 5.74) is 0. The molecule has 17 heavy (non-hydrogen) atoms. The van der Waals surface area contributed by atoms with Gasteiger partial charge in [0.1, 0.15) is 18.3 Å². The van der Waals surface area contributed by atoms with Gasteiger partial charge in [0.15, 0.2) is 6.10 Å². The first-order valence-electron chi connectivity index (χ1n) is 4.18. The maximum Gasteiger partial charge on any atom is 0.469 e. The molecule has 0 heterocycles. The van der Waals surface area contributed by atoms with Crippen molar-refractivity contribution in [1.82, 2.24) is 0 Å². The zero-order valence-corrected chi connectivity index (χ0v) is 9.14. The van der Waals surface area contributed by atoms with E-state index in [-0.39, 0.29) is 0 Å². The molecule has 0 saturated carbocycles. The Morgan fingerprint density at radius 1 is 1.18 bits per heavy atom. The van der Waals surface area contributed by atoms with E-state index >= 15 is 0 Å². The third-order valence-corrected chi connectivity index (χ3v) is 2.20. The minimum Gasteiger partial charge on any atom is -0.388 e. The monoisotopic (exact) mass is 278 g/mol. The summed E-state index contributed by atoms with van der Waals surface area (Å²) in [6.45, 7) is -1.09. The molecule has 11 heteroatoms. The molecule has 0 aromatic rings. The Morgan fingerprint density at radius 2 is 1.65 bits per heavy atom. The standard InChI is InChI=1S/C6H12FO9P/c7-6(12)5(11)4(10)3(9)2(8)1-16-17(13,14)15/h2-5,8-11H,1H2,(H2,13,14,15). The number of hydrogen-bond acceptors (Lipinski definition) is 7. The summed E-state index contributed by atoms with van der Waals surface area (Å²) < 4.78 is 26.0. The Morgan fingerprint density at radius 3 is 2.00 bits per heavy atom. The fraction of sp³-hybridized carbons (Fsp3) is 0.833. The Labute approximate surface area is 94.3 Å². The van der Waals surface area contributed by atoms with E-state index in [1.807, 2.05) is 0 Å². The summed E-state index contributed by atoms with van der Waals surface area (Å²) in [7, 11) is -4.89. The number of hydrogen-bond donors (Lipinski definition) is 6. The third-order valence-electron chi connectivity index (χ3n) is 1.71. The van der Waals surface area contributed by atoms with Crippen molar-refractivity contribution in [1.29, 1.82) is 0 Å². The van der Waals surface area contributed by atoms with Crippen LogP contribution in [0.3, 0.4) is 0 Å². The lowest BCUT2D eigenvalue weighted by Crippen LogP contribution is -2.48. The van der Waals surface area contributed by atoms with Gasteiger partial charge in [0.25, 0.3) is 0 Å². The first-order chi connectivity index (χ1) is 7.56. The summed E-state index contributed by atoms with van der Waals surface area (Å²) in [4.78, 5) is 26.5. The molecule has 0 rings (SSSR count). The average molecular weight is 278 g/mol. The van der Waals surface area contributed by atoms with Crippen LogP contribution in [0, 0.1) is 0 Å². The summed E-state index contributed by atoms with van der Waals surface area (Å²) in [6, 6.07) is -2.33. The summed E-state index contributed by atoms with van der Waals surface area (Å²) >= 11 is 0. The van der Waals surface area contributed by atoms with Crippen molar-refractivity contribution in [3.63, 3.8) is 0 Å². The predicted octanol–water partition coefficient (Wildman–Crippen LogP) is -2.96. The van der Waals surface area contributed by atoms with Gasteiger partial charge in [-0.1, -0.05) is 0 Å². The summed E-state index contributed by atoms with van der Waals surface area (Å²) in [5, 5.41) is 35.8. The van der Waals surface area contributed by atoms with Crippen molar-refractivity contribution in [2.45, 2.75) is 24.4 Å². The van der Waals surface area contributed by atoms with E-state index < -0.39 is 44.9 Å². The van der Waals surface area contributed by atoms with Crippen LogP contribution in [0.25, 0.3) is 0 Å². The number of halogens is 1. The largest absolute Gasteiger partial charge is 0.469 e. The van der Waals surface area contributed by atoms with Crippen molar-refractivity contribution in [3.8, 4) is 0 Å². The number of aliphatic hydroxyl groups excluding tert-OH is 4. The molecule has 102 valence electrons. The molecule has 0 radical (unpaired) electrons. The van der Waals surface area contributed by atoms with Gasteiger partial charge in [-0.3, -0.25) is 9.32 Å². The normalized spacial score (nSPS) is 19.5. The number of carbonyl (C=O) groups is 1. The zero-order valence-electron chi connectivity index (χ0n) is 8.25. The molecule has 4 atom stereocenters. The van der Waals surface area contributed by atoms with E-state index in [1.54, 1.807) is 0 Å². The van der Waals surface area contributed by atoms with Crippen LogP contribution < -0.4 is 0 Å². The van der Waals surface area contributed by atoms with Crippen molar-refractivity contribution in [2.24, 2.45) is 0 Å². The fourth-order valence-electron chi connectivity index (χ4n) is 0.821. The molecule has 6 N–H and O–H groups in total. The molecule has 0 aromatic carbocycles. The molecule has 0 spiro atoms. The van der Waals surface area contributed by atoms with Crippen LogP contribution >= 0.6 is 7.82 Å². The van der Waals surface area contributed by atoms with Crippen LogP contribution in [0.5, 0.6) is 0 Å². The molecule has 0 aliphatic rings. The molecule has 0 bridgehead atoms. The lowest BCUT2D eigenvalue weighted by Gasteiger charge is -2.24. The quantitative estimate of drug-likeness (QED) is 0.211. The van der Waals surface area contributed by atoms with Crippen LogP contribution in [-0.2, 0) is 13.9 Å². The van der Waals surface area contributed by atoms with Gasteiger partial charge in [0, 0.05) is 0 Å². The van der Waals surface area contributed by atoms with E-state index in [0.29, 0.717) is 0 Å². The SMILES string of the molecule is O=C(F)C(O)C(O)C(O)C(O)COP(=O)(O)O. The maximum atomic E-state index is 11.9. The van der Waals surface area contributed by atoms with Crippen LogP contribution in [-0.4, -0.2) is 67.3 Å². The van der Waals surface area contributed by atoms with Crippen LogP contribution in [0.15, 0.2) is 0 Å². The Hall–Kier alpha value is -0.450. The highest BCUT2D eigenvalue weighted by atomic mass is 31.2. The Balaban J connectivity index is 4.34. The van der Waals surface area contributed by atoms with E-state index in [9.17, 15) is 13.8 Å². The van der Waals surface area contributed by atoms with Gasteiger partial charge < -0.3 is 30.2 Å². The Bertz CT molecular complexity index is 304. The number of carbonyl (C=O) groups excluding carboxylic acids is 1. The zero-order chi connectivity index (χ0) is 13.8. The van der Waals surface area contributed by atoms with Gasteiger partial charge in [0.2, 0.25) is 0 Å². The number of phosphoric acid groups is 1. The summed E-state index contributed by atoms with van der Waals surface area (Å²) in [5.74, 6) is 0. The van der Waals surface area contributed by atoms with Gasteiger partial charge in [-0.2, -0.15) is 4.39 Å². The topological polar surface area (TPSA) is 165 Å². The van der Waals surface area contributed by atoms with Crippen LogP contribution in [0.2, 0.25) is 0 Å². The first-order valence-corrected chi connectivity index (χ1v) is 5.71. The van der Waals surface area contributed by atoms with Crippen LogP contribution in [0.1, 0.15) is 0 Å². The molecule has 0 saturated heterocycles. The molecule has 0 amide bonds. The highest BCUT2D eigenvalue weighted by Crippen LogP contribution is 2.35. The maximum absolute atomic E-state index is 11.9. The van der Waals surface area contributed by atoms with Crippen molar-refractivity contribution in [3.05, 3.63) is 0 Å². The average Bonchev–Trinajstić information content (AvgIpc) is 2.21. The molecule has 0 fully saturated rings. The highest BCUT2D eigenvalue weighted by Gasteiger charge is 2.35. The number of aliphatic hydroxyl groups is 4. The minimum atomic E-state index is -4.89. The second kappa shape index (κ2) is 6.47. The van der Waals surface area contributed by atoms with E-state index in [2.05, 4.69) is 4.52 Å². The molecule has 4 unspecified atom stereocenters. The van der Waals surface area contributed by atoms with Gasteiger partial charge in [-0.15, -0.1) is 0 Å². The van der Waals surface area contributed by atoms with Gasteiger partial charge in [-0.05, 0) is 0 Å². The van der Waals surface area contributed by atoms with E-state index in [4.69, 9.17) is 30.2 Å². The lowest BCUT2D eigenvalue weighted by atomic mass is 10.0. The smallest absolute Gasteiger partial charge is 0.388 e. The van der Waals surface area contributed by atoms with Crippen molar-refractivity contribution in [2.75, 3.05) is 6.61 Å². The first kappa shape index (κ1) is 16.6. The van der Waals surface area contributed by atoms with Crippen LogP contribution in [0.4, 0.5) is 4.39 Å². The van der Waals surface area contributed by atoms with Crippen molar-refractivity contribution >= 4 is 13.9 Å². The summed E-state index contributed by atoms with van der Waals surface area (Å²) in [6.07, 6.45) is -9.19. The molecule has 9 nitrogen and oxygen atoms in total. The molecular formula is C6H12FO9P. The number of rotatable bonds is 7. The second-order valence-electron chi connectivity index (χ2n) is 3.08. The molecule has 0 aliphatic carbocycles. The molecular weight excluding hydrogens is 266 g/mol. The molecule has 0 aliphatic heterocycles. The highest BCUT2D eigenvalue weighted by molar-refractivity contribution is 7.46. The molecule has 0 aromatic heterocycles. The fourth-order valence-corrected chi connectivity index (χ4v) is 1.17. The van der Waals surface area contributed by atoms with Gasteiger partial charge in [0.05, 0.1) is 6.61 Å². The minimum absolute atomic E-state index is 1.09. The van der Waals surface area contributed by atoms with E-state index in [0.717, 1.165) is 0 Å². The Kier molecular flexibility index (Phi) is 6.30.